The molecule has 0 unspecified atom stereocenters. The standard InChI is InChI=1S/C30H24ClN5O2/c1-19-27(29(37)35-24-13-11-23(31)12-14-24)28(36-30(34-19)32-18-33-36)21-9-15-25(16-10-21)38-17-22-7-4-6-20-5-2-3-8-26(20)22/h2-16,18,28H,17H2,1H3,(H,35,37)(H,32,33,34)/t28-/m0/s1. The van der Waals surface area contributed by atoms with Crippen LogP contribution >= 0.6 is 11.6 Å². The fourth-order valence-corrected chi connectivity index (χ4v) is 4.88. The van der Waals surface area contributed by atoms with Gasteiger partial charge in [0, 0.05) is 16.4 Å². The fourth-order valence-electron chi connectivity index (χ4n) is 4.75. The summed E-state index contributed by atoms with van der Waals surface area (Å²) in [6.45, 7) is 2.32. The van der Waals surface area contributed by atoms with Gasteiger partial charge in [-0.1, -0.05) is 66.2 Å². The Kier molecular flexibility index (Phi) is 6.27. The number of nitrogens with zero attached hydrogens (tertiary/aromatic N) is 3. The van der Waals surface area contributed by atoms with Crippen LogP contribution in [0.5, 0.6) is 5.75 Å². The lowest BCUT2D eigenvalue weighted by molar-refractivity contribution is -0.113. The maximum Gasteiger partial charge on any atom is 0.255 e. The van der Waals surface area contributed by atoms with Crippen molar-refractivity contribution in [3.63, 3.8) is 0 Å². The second-order valence-electron chi connectivity index (χ2n) is 9.05. The first kappa shape index (κ1) is 23.8. The highest BCUT2D eigenvalue weighted by molar-refractivity contribution is 6.30. The summed E-state index contributed by atoms with van der Waals surface area (Å²) in [6, 6.07) is 28.8. The molecule has 0 saturated heterocycles. The van der Waals surface area contributed by atoms with Gasteiger partial charge >= 0.3 is 0 Å². The molecule has 1 atom stereocenters. The predicted octanol–water partition coefficient (Wildman–Crippen LogP) is 6.59. The van der Waals surface area contributed by atoms with Gasteiger partial charge in [-0.15, -0.1) is 0 Å². The summed E-state index contributed by atoms with van der Waals surface area (Å²) >= 11 is 6.00. The molecule has 0 fully saturated rings. The normalized spacial score (nSPS) is 14.6. The Morgan fingerprint density at radius 1 is 1.00 bits per heavy atom. The SMILES string of the molecule is CC1=C(C(=O)Nc2ccc(Cl)cc2)[C@H](c2ccc(OCc3cccc4ccccc34)cc2)n2ncnc2N1. The highest BCUT2D eigenvalue weighted by Gasteiger charge is 2.33. The average Bonchev–Trinajstić information content (AvgIpc) is 3.41. The number of carbonyl (C=O) groups is 1. The van der Waals surface area contributed by atoms with E-state index in [2.05, 4.69) is 45.0 Å². The molecule has 1 aromatic heterocycles. The predicted molar refractivity (Wildman–Crippen MR) is 149 cm³/mol. The molecule has 5 aromatic rings. The van der Waals surface area contributed by atoms with E-state index in [1.165, 1.54) is 17.1 Å². The second kappa shape index (κ2) is 10.0. The van der Waals surface area contributed by atoms with Gasteiger partial charge in [0.2, 0.25) is 5.95 Å². The maximum atomic E-state index is 13.5. The van der Waals surface area contributed by atoms with Gasteiger partial charge in [0.1, 0.15) is 24.7 Å². The highest BCUT2D eigenvalue weighted by atomic mass is 35.5. The quantitative estimate of drug-likeness (QED) is 0.263. The Hall–Kier alpha value is -4.62. The van der Waals surface area contributed by atoms with Crippen LogP contribution in [0, 0.1) is 0 Å². The molecular formula is C30H24ClN5O2. The fraction of sp³-hybridized carbons (Fsp3) is 0.100. The lowest BCUT2D eigenvalue weighted by Crippen LogP contribution is -2.31. The van der Waals surface area contributed by atoms with E-state index in [0.29, 0.717) is 34.5 Å². The van der Waals surface area contributed by atoms with E-state index in [1.807, 2.05) is 49.4 Å². The third-order valence-corrected chi connectivity index (χ3v) is 6.86. The summed E-state index contributed by atoms with van der Waals surface area (Å²) in [6.07, 6.45) is 1.48. The zero-order chi connectivity index (χ0) is 26.1. The Bertz CT molecular complexity index is 1650. The summed E-state index contributed by atoms with van der Waals surface area (Å²) in [5.74, 6) is 1.08. The van der Waals surface area contributed by atoms with Crippen LogP contribution in [0.15, 0.2) is 109 Å². The summed E-state index contributed by atoms with van der Waals surface area (Å²) < 4.78 is 7.85. The number of hydrogen-bond donors (Lipinski definition) is 2. The number of hydrogen-bond acceptors (Lipinski definition) is 5. The van der Waals surface area contributed by atoms with E-state index in [9.17, 15) is 4.79 Å². The molecule has 4 aromatic carbocycles. The van der Waals surface area contributed by atoms with Gasteiger partial charge < -0.3 is 15.4 Å². The first-order valence-corrected chi connectivity index (χ1v) is 12.6. The first-order valence-electron chi connectivity index (χ1n) is 12.2. The molecule has 188 valence electrons. The van der Waals surface area contributed by atoms with Gasteiger partial charge in [-0.3, -0.25) is 4.79 Å². The topological polar surface area (TPSA) is 81.1 Å². The molecule has 6 rings (SSSR count). The highest BCUT2D eigenvalue weighted by Crippen LogP contribution is 2.36. The number of benzene rings is 4. The minimum Gasteiger partial charge on any atom is -0.489 e. The lowest BCUT2D eigenvalue weighted by atomic mass is 9.95. The van der Waals surface area contributed by atoms with Gasteiger partial charge in [0.15, 0.2) is 0 Å². The molecule has 0 aliphatic carbocycles. The number of anilines is 2. The largest absolute Gasteiger partial charge is 0.489 e. The second-order valence-corrected chi connectivity index (χ2v) is 9.49. The number of amides is 1. The molecule has 0 saturated carbocycles. The van der Waals surface area contributed by atoms with Crippen molar-refractivity contribution in [2.24, 2.45) is 0 Å². The summed E-state index contributed by atoms with van der Waals surface area (Å²) in [4.78, 5) is 17.8. The number of ether oxygens (including phenoxy) is 1. The van der Waals surface area contributed by atoms with E-state index < -0.39 is 6.04 Å². The van der Waals surface area contributed by atoms with Crippen molar-refractivity contribution < 1.29 is 9.53 Å². The Morgan fingerprint density at radius 2 is 1.76 bits per heavy atom. The molecule has 38 heavy (non-hydrogen) atoms. The number of nitrogens with one attached hydrogen (secondary N) is 2. The number of allylic oxidation sites excluding steroid dienone is 1. The smallest absolute Gasteiger partial charge is 0.255 e. The van der Waals surface area contributed by atoms with Gasteiger partial charge in [-0.2, -0.15) is 10.1 Å². The number of rotatable bonds is 6. The van der Waals surface area contributed by atoms with E-state index >= 15 is 0 Å². The zero-order valence-electron chi connectivity index (χ0n) is 20.6. The number of aromatic nitrogens is 3. The van der Waals surface area contributed by atoms with Crippen molar-refractivity contribution in [2.75, 3.05) is 10.6 Å². The molecule has 7 nitrogen and oxygen atoms in total. The minimum absolute atomic E-state index is 0.236. The summed E-state index contributed by atoms with van der Waals surface area (Å²) in [7, 11) is 0. The molecule has 2 N–H and O–H groups in total. The molecule has 0 bridgehead atoms. The number of carbonyl (C=O) groups excluding carboxylic acids is 1. The monoisotopic (exact) mass is 521 g/mol. The van der Waals surface area contributed by atoms with Crippen LogP contribution in [-0.4, -0.2) is 20.7 Å². The van der Waals surface area contributed by atoms with Crippen LogP contribution in [0.4, 0.5) is 11.6 Å². The van der Waals surface area contributed by atoms with Gasteiger partial charge in [0.25, 0.3) is 5.91 Å². The maximum absolute atomic E-state index is 13.5. The number of fused-ring (bicyclic) bond motifs is 2. The summed E-state index contributed by atoms with van der Waals surface area (Å²) in [5.41, 5.74) is 3.91. The van der Waals surface area contributed by atoms with Crippen molar-refractivity contribution in [2.45, 2.75) is 19.6 Å². The third kappa shape index (κ3) is 4.60. The van der Waals surface area contributed by atoms with Crippen LogP contribution in [0.3, 0.4) is 0 Å². The molecule has 1 aliphatic rings. The molecule has 0 radical (unpaired) electrons. The van der Waals surface area contributed by atoms with E-state index in [-0.39, 0.29) is 5.91 Å². The van der Waals surface area contributed by atoms with Gasteiger partial charge in [-0.05, 0) is 65.2 Å². The molecule has 2 heterocycles. The third-order valence-electron chi connectivity index (χ3n) is 6.61. The lowest BCUT2D eigenvalue weighted by Gasteiger charge is -2.28. The van der Waals surface area contributed by atoms with Crippen LogP contribution < -0.4 is 15.4 Å². The van der Waals surface area contributed by atoms with Crippen molar-refractivity contribution in [1.82, 2.24) is 14.8 Å². The van der Waals surface area contributed by atoms with E-state index in [0.717, 1.165) is 16.9 Å². The van der Waals surface area contributed by atoms with Gasteiger partial charge in [0.05, 0.1) is 5.57 Å². The van der Waals surface area contributed by atoms with Crippen molar-refractivity contribution in [3.05, 3.63) is 125 Å². The Morgan fingerprint density at radius 3 is 2.58 bits per heavy atom. The molecule has 0 spiro atoms. The Labute approximate surface area is 224 Å². The molecule has 8 heteroatoms. The number of halogens is 1. The van der Waals surface area contributed by atoms with E-state index in [1.54, 1.807) is 28.9 Å². The Balaban J connectivity index is 1.26. The zero-order valence-corrected chi connectivity index (χ0v) is 21.3. The van der Waals surface area contributed by atoms with Crippen molar-refractivity contribution in [1.29, 1.82) is 0 Å². The average molecular weight is 522 g/mol. The minimum atomic E-state index is -0.465. The van der Waals surface area contributed by atoms with Crippen LogP contribution in [-0.2, 0) is 11.4 Å². The molecular weight excluding hydrogens is 498 g/mol. The molecule has 1 aliphatic heterocycles. The van der Waals surface area contributed by atoms with Crippen molar-refractivity contribution >= 4 is 39.9 Å². The van der Waals surface area contributed by atoms with Crippen LogP contribution in [0.25, 0.3) is 10.8 Å². The molecule has 1 amide bonds. The van der Waals surface area contributed by atoms with E-state index in [4.69, 9.17) is 16.3 Å². The summed E-state index contributed by atoms with van der Waals surface area (Å²) in [5, 5.41) is 13.5. The van der Waals surface area contributed by atoms with Crippen LogP contribution in [0.1, 0.15) is 24.1 Å². The van der Waals surface area contributed by atoms with Crippen molar-refractivity contribution in [3.8, 4) is 5.75 Å². The van der Waals surface area contributed by atoms with Gasteiger partial charge in [-0.25, -0.2) is 4.68 Å². The first-order chi connectivity index (χ1) is 18.6. The van der Waals surface area contributed by atoms with Crippen LogP contribution in [0.2, 0.25) is 5.02 Å².